The first-order chi connectivity index (χ1) is 7.47. The Balaban J connectivity index is 2.52. The number of hydrogen-bond donors (Lipinski definition) is 1. The molecule has 0 amide bonds. The Hall–Kier alpha value is -1.80. The summed E-state index contributed by atoms with van der Waals surface area (Å²) < 4.78 is 22.3. The number of hydrogen-bond acceptors (Lipinski definition) is 5. The van der Waals surface area contributed by atoms with Crippen LogP contribution < -0.4 is 5.14 Å². The first kappa shape index (κ1) is 10.7. The average molecular weight is 239 g/mol. The maximum atomic E-state index is 11.1. The summed E-state index contributed by atoms with van der Waals surface area (Å²) in [7, 11) is -2.08. The summed E-state index contributed by atoms with van der Waals surface area (Å²) in [6.07, 6.45) is 0. The highest BCUT2D eigenvalue weighted by molar-refractivity contribution is 7.89. The van der Waals surface area contributed by atoms with Gasteiger partial charge in [0.1, 0.15) is 0 Å². The molecule has 2 N–H and O–H groups in total. The average Bonchev–Trinajstić information content (AvgIpc) is 2.64. The van der Waals surface area contributed by atoms with Crippen LogP contribution in [0.1, 0.15) is 0 Å². The summed E-state index contributed by atoms with van der Waals surface area (Å²) in [5, 5.41) is 16.4. The van der Waals surface area contributed by atoms with E-state index in [-0.39, 0.29) is 4.90 Å². The van der Waals surface area contributed by atoms with Crippen LogP contribution in [0.4, 0.5) is 0 Å². The Kier molecular flexibility index (Phi) is 2.44. The summed E-state index contributed by atoms with van der Waals surface area (Å²) in [6, 6.07) is 6.08. The van der Waals surface area contributed by atoms with Crippen LogP contribution in [0.5, 0.6) is 0 Å². The first-order valence-electron chi connectivity index (χ1n) is 4.34. The van der Waals surface area contributed by atoms with E-state index in [1.165, 1.54) is 16.9 Å². The van der Waals surface area contributed by atoms with Gasteiger partial charge in [0.15, 0.2) is 0 Å². The highest BCUT2D eigenvalue weighted by atomic mass is 32.2. The van der Waals surface area contributed by atoms with E-state index in [1.807, 2.05) is 0 Å². The lowest BCUT2D eigenvalue weighted by atomic mass is 10.2. The Morgan fingerprint density at radius 1 is 1.38 bits per heavy atom. The van der Waals surface area contributed by atoms with E-state index < -0.39 is 10.0 Å². The number of primary sulfonamides is 1. The van der Waals surface area contributed by atoms with Gasteiger partial charge in [0.25, 0.3) is 0 Å². The Morgan fingerprint density at radius 3 is 2.69 bits per heavy atom. The first-order valence-corrected chi connectivity index (χ1v) is 5.89. The van der Waals surface area contributed by atoms with Crippen LogP contribution in [-0.2, 0) is 17.1 Å². The molecular weight excluding hydrogens is 230 g/mol. The Labute approximate surface area is 91.9 Å². The Morgan fingerprint density at radius 2 is 2.12 bits per heavy atom. The van der Waals surface area contributed by atoms with Gasteiger partial charge in [-0.25, -0.2) is 13.6 Å². The number of rotatable bonds is 2. The summed E-state index contributed by atoms with van der Waals surface area (Å²) in [5.74, 6) is 0.355. The van der Waals surface area contributed by atoms with Crippen molar-refractivity contribution in [2.45, 2.75) is 4.90 Å². The van der Waals surface area contributed by atoms with Gasteiger partial charge >= 0.3 is 0 Å². The molecular formula is C8H9N5O2S. The summed E-state index contributed by atoms with van der Waals surface area (Å²) in [6.45, 7) is 0. The second-order valence-corrected chi connectivity index (χ2v) is 4.74. The molecule has 0 aliphatic carbocycles. The van der Waals surface area contributed by atoms with E-state index in [0.29, 0.717) is 11.4 Å². The molecule has 0 aliphatic heterocycles. The van der Waals surface area contributed by atoms with Crippen molar-refractivity contribution in [3.8, 4) is 11.4 Å². The smallest absolute Gasteiger partial charge is 0.225 e. The zero-order valence-electron chi connectivity index (χ0n) is 8.40. The molecule has 8 heteroatoms. The quantitative estimate of drug-likeness (QED) is 0.762. The molecule has 0 aliphatic rings. The second kappa shape index (κ2) is 3.65. The minimum absolute atomic E-state index is 0.0254. The van der Waals surface area contributed by atoms with Gasteiger partial charge in [-0.1, -0.05) is 12.1 Å². The third kappa shape index (κ3) is 2.07. The van der Waals surface area contributed by atoms with Gasteiger partial charge in [0.05, 0.1) is 11.9 Å². The van der Waals surface area contributed by atoms with Crippen LogP contribution in [-0.4, -0.2) is 28.6 Å². The van der Waals surface area contributed by atoms with Crippen molar-refractivity contribution in [2.75, 3.05) is 0 Å². The zero-order chi connectivity index (χ0) is 11.8. The van der Waals surface area contributed by atoms with E-state index in [0.717, 1.165) is 0 Å². The van der Waals surface area contributed by atoms with E-state index >= 15 is 0 Å². The maximum absolute atomic E-state index is 11.1. The largest absolute Gasteiger partial charge is 0.238 e. The fraction of sp³-hybridized carbons (Fsp3) is 0.125. The van der Waals surface area contributed by atoms with Crippen LogP contribution in [0.15, 0.2) is 29.2 Å². The van der Waals surface area contributed by atoms with Crippen molar-refractivity contribution >= 4 is 10.0 Å². The van der Waals surface area contributed by atoms with Crippen molar-refractivity contribution < 1.29 is 8.42 Å². The van der Waals surface area contributed by atoms with E-state index in [2.05, 4.69) is 15.4 Å². The van der Waals surface area contributed by atoms with Gasteiger partial charge in [0.2, 0.25) is 15.8 Å². The van der Waals surface area contributed by atoms with Crippen molar-refractivity contribution in [2.24, 2.45) is 12.2 Å². The molecule has 0 fully saturated rings. The summed E-state index contributed by atoms with van der Waals surface area (Å²) in [4.78, 5) is 1.32. The van der Waals surface area contributed by atoms with Gasteiger partial charge in [-0.05, 0) is 17.3 Å². The van der Waals surface area contributed by atoms with Gasteiger partial charge < -0.3 is 0 Å². The normalized spacial score (nSPS) is 11.6. The van der Waals surface area contributed by atoms with Gasteiger partial charge in [0, 0.05) is 5.56 Å². The number of aromatic nitrogens is 4. The van der Waals surface area contributed by atoms with Gasteiger partial charge in [-0.2, -0.15) is 4.80 Å². The highest BCUT2D eigenvalue weighted by Crippen LogP contribution is 2.17. The number of tetrazole rings is 1. The van der Waals surface area contributed by atoms with Crippen molar-refractivity contribution in [1.82, 2.24) is 20.2 Å². The lowest BCUT2D eigenvalue weighted by molar-refractivity contribution is 0.598. The molecule has 1 aromatic heterocycles. The molecule has 0 saturated heterocycles. The molecule has 1 aromatic carbocycles. The molecule has 7 nitrogen and oxygen atoms in total. The van der Waals surface area contributed by atoms with Crippen LogP contribution in [0.25, 0.3) is 11.4 Å². The molecule has 0 saturated carbocycles. The highest BCUT2D eigenvalue weighted by Gasteiger charge is 2.10. The number of sulfonamides is 1. The molecule has 0 radical (unpaired) electrons. The third-order valence-corrected chi connectivity index (χ3v) is 2.84. The second-order valence-electron chi connectivity index (χ2n) is 3.18. The standard InChI is InChI=1S/C8H9N5O2S/c1-13-11-8(10-12-13)6-3-2-4-7(5-6)16(9,14)15/h2-5H,1H3,(H2,9,14,15). The van der Waals surface area contributed by atoms with Crippen LogP contribution in [0.3, 0.4) is 0 Å². The fourth-order valence-electron chi connectivity index (χ4n) is 1.21. The predicted octanol–water partition coefficient (Wildman–Crippen LogP) is -0.476. The SMILES string of the molecule is Cn1nnc(-c2cccc(S(N)(=O)=O)c2)n1. The topological polar surface area (TPSA) is 104 Å². The number of nitrogens with zero attached hydrogens (tertiary/aromatic N) is 4. The molecule has 16 heavy (non-hydrogen) atoms. The Bertz CT molecular complexity index is 619. The lowest BCUT2D eigenvalue weighted by Crippen LogP contribution is -2.11. The predicted molar refractivity (Wildman–Crippen MR) is 55.6 cm³/mol. The monoisotopic (exact) mass is 239 g/mol. The summed E-state index contributed by atoms with van der Waals surface area (Å²) in [5.41, 5.74) is 0.555. The van der Waals surface area contributed by atoms with E-state index in [9.17, 15) is 8.42 Å². The molecule has 0 bridgehead atoms. The molecule has 1 heterocycles. The zero-order valence-corrected chi connectivity index (χ0v) is 9.22. The van der Waals surface area contributed by atoms with E-state index in [1.54, 1.807) is 19.2 Å². The number of aryl methyl sites for hydroxylation is 1. The van der Waals surface area contributed by atoms with Crippen LogP contribution >= 0.6 is 0 Å². The van der Waals surface area contributed by atoms with Gasteiger partial charge in [-0.15, -0.1) is 10.2 Å². The lowest BCUT2D eigenvalue weighted by Gasteiger charge is -1.99. The van der Waals surface area contributed by atoms with Crippen molar-refractivity contribution in [3.63, 3.8) is 0 Å². The van der Waals surface area contributed by atoms with E-state index in [4.69, 9.17) is 5.14 Å². The molecule has 0 spiro atoms. The fourth-order valence-corrected chi connectivity index (χ4v) is 1.77. The molecule has 2 rings (SSSR count). The molecule has 0 unspecified atom stereocenters. The van der Waals surface area contributed by atoms with Crippen LogP contribution in [0.2, 0.25) is 0 Å². The molecule has 2 aromatic rings. The summed E-state index contributed by atoms with van der Waals surface area (Å²) >= 11 is 0. The number of benzene rings is 1. The number of nitrogens with two attached hydrogens (primary N) is 1. The minimum atomic E-state index is -3.71. The third-order valence-electron chi connectivity index (χ3n) is 1.93. The maximum Gasteiger partial charge on any atom is 0.238 e. The van der Waals surface area contributed by atoms with Crippen molar-refractivity contribution in [1.29, 1.82) is 0 Å². The van der Waals surface area contributed by atoms with Crippen LogP contribution in [0, 0.1) is 0 Å². The molecule has 0 atom stereocenters. The van der Waals surface area contributed by atoms with Gasteiger partial charge in [-0.3, -0.25) is 0 Å². The van der Waals surface area contributed by atoms with Crippen molar-refractivity contribution in [3.05, 3.63) is 24.3 Å². The molecule has 84 valence electrons. The minimum Gasteiger partial charge on any atom is -0.225 e.